The van der Waals surface area contributed by atoms with E-state index in [1.807, 2.05) is 28.9 Å². The summed E-state index contributed by atoms with van der Waals surface area (Å²) in [4.78, 5) is 18.5. The highest BCUT2D eigenvalue weighted by Gasteiger charge is 2.18. The fourth-order valence-corrected chi connectivity index (χ4v) is 2.00. The van der Waals surface area contributed by atoms with E-state index in [4.69, 9.17) is 5.73 Å². The fourth-order valence-electron chi connectivity index (χ4n) is 2.00. The first kappa shape index (κ1) is 10.5. The van der Waals surface area contributed by atoms with Crippen molar-refractivity contribution in [3.8, 4) is 11.3 Å². The zero-order valence-electron chi connectivity index (χ0n) is 9.50. The molecule has 0 bridgehead atoms. The predicted octanol–water partition coefficient (Wildman–Crippen LogP) is 0.914. The predicted molar refractivity (Wildman–Crippen MR) is 65.7 cm³/mol. The average Bonchev–Trinajstić information content (AvgIpc) is 2.83. The number of imidazole rings is 1. The fraction of sp³-hybridized carbons (Fsp3) is 0. The summed E-state index contributed by atoms with van der Waals surface area (Å²) in [6.07, 6.45) is 7.20. The summed E-state index contributed by atoms with van der Waals surface area (Å²) in [5, 5.41) is 0. The van der Waals surface area contributed by atoms with Crippen LogP contribution in [0.1, 0.15) is 10.4 Å². The number of H-pyrrole nitrogens is 1. The minimum atomic E-state index is -0.451. The first-order valence-electron chi connectivity index (χ1n) is 5.49. The third kappa shape index (κ3) is 1.53. The molecule has 5 nitrogen and oxygen atoms in total. The number of hydrogen-bond donors (Lipinski definition) is 2. The summed E-state index contributed by atoms with van der Waals surface area (Å²) in [5.41, 5.74) is 8.39. The number of nitrogens with one attached hydrogen (secondary N) is 1. The lowest BCUT2D eigenvalue weighted by atomic mass is 10.2. The van der Waals surface area contributed by atoms with Gasteiger partial charge in [0.15, 0.2) is 5.69 Å². The van der Waals surface area contributed by atoms with Crippen molar-refractivity contribution in [2.75, 3.05) is 0 Å². The van der Waals surface area contributed by atoms with Crippen LogP contribution in [-0.4, -0.2) is 15.9 Å². The molecule has 3 N–H and O–H groups in total. The molecular formula is C13H11N4O+. The molecule has 0 unspecified atom stereocenters. The number of fused-ring (bicyclic) bond motifs is 1. The number of carbonyl (C=O) groups excluding carboxylic acids is 1. The van der Waals surface area contributed by atoms with Crippen molar-refractivity contribution in [3.05, 3.63) is 54.6 Å². The van der Waals surface area contributed by atoms with Gasteiger partial charge in [0.1, 0.15) is 11.8 Å². The number of primary amides is 1. The van der Waals surface area contributed by atoms with Crippen molar-refractivity contribution in [1.29, 1.82) is 0 Å². The monoisotopic (exact) mass is 239 g/mol. The van der Waals surface area contributed by atoms with Crippen molar-refractivity contribution in [2.45, 2.75) is 0 Å². The van der Waals surface area contributed by atoms with E-state index >= 15 is 0 Å². The molecule has 3 heterocycles. The van der Waals surface area contributed by atoms with Crippen LogP contribution in [0.2, 0.25) is 0 Å². The molecule has 5 heteroatoms. The lowest BCUT2D eigenvalue weighted by Crippen LogP contribution is -2.25. The maximum Gasteiger partial charge on any atom is 0.297 e. The van der Waals surface area contributed by atoms with Gasteiger partial charge in [-0.3, -0.25) is 9.78 Å². The smallest absolute Gasteiger partial charge is 0.297 e. The molecule has 0 aliphatic rings. The van der Waals surface area contributed by atoms with Crippen LogP contribution < -0.4 is 10.1 Å². The van der Waals surface area contributed by atoms with Gasteiger partial charge in [-0.15, -0.1) is 0 Å². The number of amides is 1. The third-order valence-electron chi connectivity index (χ3n) is 2.82. The molecule has 0 spiro atoms. The first-order chi connectivity index (χ1) is 8.77. The number of pyridine rings is 2. The molecule has 3 aromatic heterocycles. The van der Waals surface area contributed by atoms with Crippen molar-refractivity contribution in [2.24, 2.45) is 5.73 Å². The normalized spacial score (nSPS) is 10.7. The van der Waals surface area contributed by atoms with Gasteiger partial charge in [0.2, 0.25) is 0 Å². The minimum Gasteiger partial charge on any atom is -0.365 e. The first-order valence-corrected chi connectivity index (χ1v) is 5.49. The summed E-state index contributed by atoms with van der Waals surface area (Å²) in [7, 11) is 0. The average molecular weight is 239 g/mol. The Morgan fingerprint density at radius 3 is 2.94 bits per heavy atom. The molecule has 0 saturated heterocycles. The molecule has 0 aliphatic carbocycles. The Kier molecular flexibility index (Phi) is 2.30. The minimum absolute atomic E-state index is 0.451. The maximum absolute atomic E-state index is 11.3. The Morgan fingerprint density at radius 1 is 1.33 bits per heavy atom. The van der Waals surface area contributed by atoms with Crippen LogP contribution in [-0.2, 0) is 0 Å². The number of aromatic amines is 1. The molecule has 0 saturated carbocycles. The van der Waals surface area contributed by atoms with Crippen LogP contribution >= 0.6 is 0 Å². The van der Waals surface area contributed by atoms with Crippen LogP contribution in [0.4, 0.5) is 0 Å². The van der Waals surface area contributed by atoms with E-state index in [9.17, 15) is 4.79 Å². The van der Waals surface area contributed by atoms with E-state index in [0.717, 1.165) is 11.3 Å². The summed E-state index contributed by atoms with van der Waals surface area (Å²) in [5.74, 6) is -0.451. The van der Waals surface area contributed by atoms with E-state index in [-0.39, 0.29) is 0 Å². The molecule has 3 aromatic rings. The Labute approximate surface area is 103 Å². The van der Waals surface area contributed by atoms with E-state index in [1.165, 1.54) is 0 Å². The number of hydrogen-bond acceptors (Lipinski definition) is 2. The van der Waals surface area contributed by atoms with Crippen molar-refractivity contribution >= 4 is 11.6 Å². The van der Waals surface area contributed by atoms with E-state index < -0.39 is 5.91 Å². The zero-order chi connectivity index (χ0) is 12.5. The number of carbonyl (C=O) groups is 1. The SMILES string of the molecule is NC(=O)c1ccc[n+]2c(-c3cccnc3)c[nH]c12. The molecule has 0 aliphatic heterocycles. The molecule has 18 heavy (non-hydrogen) atoms. The van der Waals surface area contributed by atoms with Crippen molar-refractivity contribution < 1.29 is 9.20 Å². The Bertz CT molecular complexity index is 718. The standard InChI is InChI=1S/C13H10N4O/c14-12(18)10-4-2-6-17-11(8-16-13(10)17)9-3-1-5-15-7-9/h1-8H,(H2,14,18)/p+1. The molecule has 1 amide bonds. The molecule has 0 fully saturated rings. The molecule has 0 atom stereocenters. The van der Waals surface area contributed by atoms with Gasteiger partial charge in [0.05, 0.1) is 6.20 Å². The van der Waals surface area contributed by atoms with Crippen LogP contribution in [0.3, 0.4) is 0 Å². The van der Waals surface area contributed by atoms with Gasteiger partial charge in [-0.1, -0.05) is 0 Å². The zero-order valence-corrected chi connectivity index (χ0v) is 9.50. The quantitative estimate of drug-likeness (QED) is 0.652. The summed E-state index contributed by atoms with van der Waals surface area (Å²) < 4.78 is 1.89. The summed E-state index contributed by atoms with van der Waals surface area (Å²) >= 11 is 0. The van der Waals surface area contributed by atoms with Crippen LogP contribution in [0.5, 0.6) is 0 Å². The van der Waals surface area contributed by atoms with Gasteiger partial charge >= 0.3 is 0 Å². The number of nitrogens with two attached hydrogens (primary N) is 1. The summed E-state index contributed by atoms with van der Waals surface area (Å²) in [6.45, 7) is 0. The molecule has 0 aromatic carbocycles. The molecule has 88 valence electrons. The van der Waals surface area contributed by atoms with Gasteiger partial charge in [-0.05, 0) is 24.3 Å². The van der Waals surface area contributed by atoms with E-state index in [1.54, 1.807) is 24.5 Å². The highest BCUT2D eigenvalue weighted by Crippen LogP contribution is 2.15. The summed E-state index contributed by atoms with van der Waals surface area (Å²) in [6, 6.07) is 7.31. The second kappa shape index (κ2) is 3.96. The Balaban J connectivity index is 2.28. The van der Waals surface area contributed by atoms with E-state index in [2.05, 4.69) is 9.97 Å². The largest absolute Gasteiger partial charge is 0.365 e. The van der Waals surface area contributed by atoms with Gasteiger partial charge in [0, 0.05) is 18.0 Å². The molecule has 3 rings (SSSR count). The Hall–Kier alpha value is -2.69. The lowest BCUT2D eigenvalue weighted by Gasteiger charge is -1.96. The third-order valence-corrected chi connectivity index (χ3v) is 2.82. The van der Waals surface area contributed by atoms with Gasteiger partial charge < -0.3 is 5.73 Å². The van der Waals surface area contributed by atoms with E-state index in [0.29, 0.717) is 11.2 Å². The van der Waals surface area contributed by atoms with Crippen molar-refractivity contribution in [1.82, 2.24) is 9.97 Å². The second-order valence-electron chi connectivity index (χ2n) is 3.92. The maximum atomic E-state index is 11.3. The van der Waals surface area contributed by atoms with Gasteiger partial charge in [-0.25, -0.2) is 4.98 Å². The van der Waals surface area contributed by atoms with Crippen molar-refractivity contribution in [3.63, 3.8) is 0 Å². The molecular weight excluding hydrogens is 228 g/mol. The van der Waals surface area contributed by atoms with Crippen LogP contribution in [0, 0.1) is 0 Å². The lowest BCUT2D eigenvalue weighted by molar-refractivity contribution is -0.498. The Morgan fingerprint density at radius 2 is 2.22 bits per heavy atom. The van der Waals surface area contributed by atoms with Gasteiger partial charge in [0.25, 0.3) is 11.6 Å². The number of rotatable bonds is 2. The number of nitrogens with zero attached hydrogens (tertiary/aromatic N) is 2. The molecule has 0 radical (unpaired) electrons. The highest BCUT2D eigenvalue weighted by molar-refractivity contribution is 5.97. The van der Waals surface area contributed by atoms with Crippen LogP contribution in [0.15, 0.2) is 49.1 Å². The van der Waals surface area contributed by atoms with Crippen LogP contribution in [0.25, 0.3) is 16.9 Å². The second-order valence-corrected chi connectivity index (χ2v) is 3.92. The number of aromatic nitrogens is 3. The van der Waals surface area contributed by atoms with Gasteiger partial charge in [-0.2, -0.15) is 4.40 Å². The topological polar surface area (TPSA) is 75.9 Å². The highest BCUT2D eigenvalue weighted by atomic mass is 16.1.